The number of nitroso groups, excluding NO2 is 1. The minimum absolute atomic E-state index is 0.438. The molecular formula is C26H22N2O4. The summed E-state index contributed by atoms with van der Waals surface area (Å²) >= 11 is 0. The van der Waals surface area contributed by atoms with Crippen LogP contribution in [0, 0.1) is 4.91 Å². The summed E-state index contributed by atoms with van der Waals surface area (Å²) in [5.74, 6) is -0.438. The number of hydroxylamine groups is 1. The third-order valence-electron chi connectivity index (χ3n) is 4.01. The number of aldehydes is 1. The Labute approximate surface area is 186 Å². The van der Waals surface area contributed by atoms with Crippen molar-refractivity contribution < 1.29 is 14.8 Å². The molecule has 0 saturated heterocycles. The van der Waals surface area contributed by atoms with E-state index < -0.39 is 5.91 Å². The summed E-state index contributed by atoms with van der Waals surface area (Å²) in [4.78, 5) is 31.6. The lowest BCUT2D eigenvalue weighted by molar-refractivity contribution is 0.0854. The molecule has 6 nitrogen and oxygen atoms in total. The van der Waals surface area contributed by atoms with Crippen LogP contribution in [0.5, 0.6) is 0 Å². The van der Waals surface area contributed by atoms with Crippen molar-refractivity contribution in [2.75, 3.05) is 5.06 Å². The number of carbonyl (C=O) groups excluding carboxylic acids is 2. The zero-order valence-corrected chi connectivity index (χ0v) is 17.2. The molecule has 0 aliphatic heterocycles. The van der Waals surface area contributed by atoms with Crippen molar-refractivity contribution in [3.63, 3.8) is 0 Å². The van der Waals surface area contributed by atoms with Crippen LogP contribution in [0.4, 0.5) is 11.4 Å². The van der Waals surface area contributed by atoms with Crippen LogP contribution < -0.4 is 5.06 Å². The fraction of sp³-hybridized carbons (Fsp3) is 0. The number of amides is 1. The summed E-state index contributed by atoms with van der Waals surface area (Å²) in [6.45, 7) is 0. The average molecular weight is 426 g/mol. The number of carbonyl (C=O) groups is 2. The maximum absolute atomic E-state index is 11.8. The number of nitrogens with zero attached hydrogens (tertiary/aromatic N) is 2. The standard InChI is InChI=1S/C13H11NO2.C7H6O.C6H5NO/c15-13(11-7-3-1-4-8-11)14(16)12-9-5-2-6-10-12;8-6-7-4-2-1-3-5-7;8-7-6-4-2-1-3-5-6/h1-10,16H;1-6H;1-5H. The molecule has 0 aromatic heterocycles. The Bertz CT molecular complexity index is 1030. The first kappa shape index (κ1) is 23.9. The quantitative estimate of drug-likeness (QED) is 0.179. The lowest BCUT2D eigenvalue weighted by Crippen LogP contribution is -2.26. The molecule has 0 aliphatic rings. The zero-order chi connectivity index (χ0) is 23.0. The molecule has 4 aromatic rings. The van der Waals surface area contributed by atoms with Gasteiger partial charge in [-0.2, -0.15) is 5.06 Å². The third kappa shape index (κ3) is 8.14. The molecule has 0 heterocycles. The Morgan fingerprint density at radius 3 is 1.53 bits per heavy atom. The van der Waals surface area contributed by atoms with Crippen LogP contribution in [0.1, 0.15) is 20.7 Å². The number of hydrogen-bond donors (Lipinski definition) is 1. The predicted molar refractivity (Wildman–Crippen MR) is 125 cm³/mol. The van der Waals surface area contributed by atoms with Crippen LogP contribution in [0.3, 0.4) is 0 Å². The highest BCUT2D eigenvalue weighted by atomic mass is 16.5. The van der Waals surface area contributed by atoms with E-state index in [0.29, 0.717) is 22.0 Å². The van der Waals surface area contributed by atoms with Crippen molar-refractivity contribution >= 4 is 23.6 Å². The number of benzene rings is 4. The highest BCUT2D eigenvalue weighted by Gasteiger charge is 2.14. The smallest absolute Gasteiger partial charge is 0.281 e. The maximum atomic E-state index is 11.8. The normalized spacial score (nSPS) is 9.16. The van der Waals surface area contributed by atoms with Gasteiger partial charge in [0.1, 0.15) is 12.0 Å². The van der Waals surface area contributed by atoms with E-state index >= 15 is 0 Å². The van der Waals surface area contributed by atoms with Crippen molar-refractivity contribution in [3.8, 4) is 0 Å². The molecule has 1 N–H and O–H groups in total. The number of anilines is 1. The molecule has 4 aromatic carbocycles. The maximum Gasteiger partial charge on any atom is 0.281 e. The molecule has 6 heteroatoms. The SMILES string of the molecule is O=C(c1ccccc1)N(O)c1ccccc1.O=Cc1ccccc1.O=Nc1ccccc1. The average Bonchev–Trinajstić information content (AvgIpc) is 2.90. The Hall–Kier alpha value is -4.42. The van der Waals surface area contributed by atoms with Crippen molar-refractivity contribution in [1.29, 1.82) is 0 Å². The largest absolute Gasteiger partial charge is 0.298 e. The molecule has 4 rings (SSSR count). The van der Waals surface area contributed by atoms with Crippen molar-refractivity contribution in [2.45, 2.75) is 0 Å². The van der Waals surface area contributed by atoms with E-state index in [9.17, 15) is 19.7 Å². The van der Waals surface area contributed by atoms with E-state index in [1.54, 1.807) is 84.9 Å². The van der Waals surface area contributed by atoms with Gasteiger partial charge < -0.3 is 0 Å². The second kappa shape index (κ2) is 13.7. The van der Waals surface area contributed by atoms with Gasteiger partial charge in [0, 0.05) is 11.1 Å². The summed E-state index contributed by atoms with van der Waals surface area (Å²) < 4.78 is 0. The van der Waals surface area contributed by atoms with Gasteiger partial charge in [0.2, 0.25) is 0 Å². The van der Waals surface area contributed by atoms with Gasteiger partial charge >= 0.3 is 0 Å². The summed E-state index contributed by atoms with van der Waals surface area (Å²) in [5, 5.41) is 13.1. The number of rotatable bonds is 4. The molecule has 0 aliphatic carbocycles. The molecular weight excluding hydrogens is 404 g/mol. The molecule has 0 fully saturated rings. The van der Waals surface area contributed by atoms with Crippen LogP contribution in [0.2, 0.25) is 0 Å². The fourth-order valence-corrected chi connectivity index (χ4v) is 2.41. The van der Waals surface area contributed by atoms with E-state index in [1.165, 1.54) is 0 Å². The second-order valence-electron chi connectivity index (χ2n) is 6.27. The van der Waals surface area contributed by atoms with Gasteiger partial charge in [-0.25, -0.2) is 0 Å². The van der Waals surface area contributed by atoms with E-state index in [0.717, 1.165) is 11.8 Å². The molecule has 0 unspecified atom stereocenters. The first-order valence-electron chi connectivity index (χ1n) is 9.67. The third-order valence-corrected chi connectivity index (χ3v) is 4.01. The summed E-state index contributed by atoms with van der Waals surface area (Å²) in [6, 6.07) is 35.1. The van der Waals surface area contributed by atoms with Gasteiger partial charge in [-0.05, 0) is 41.6 Å². The number of para-hydroxylation sites is 1. The Kier molecular flexibility index (Phi) is 10.2. The molecule has 0 bridgehead atoms. The Morgan fingerprint density at radius 2 is 1.12 bits per heavy atom. The van der Waals surface area contributed by atoms with Crippen molar-refractivity contribution in [1.82, 2.24) is 0 Å². The lowest BCUT2D eigenvalue weighted by atomic mass is 10.2. The first-order valence-corrected chi connectivity index (χ1v) is 9.67. The highest BCUT2D eigenvalue weighted by molar-refractivity contribution is 6.04. The van der Waals surface area contributed by atoms with E-state index in [1.807, 2.05) is 36.4 Å². The van der Waals surface area contributed by atoms with Crippen LogP contribution in [-0.2, 0) is 0 Å². The predicted octanol–water partition coefficient (Wildman–Crippen LogP) is 6.31. The number of hydrogen-bond acceptors (Lipinski definition) is 5. The second-order valence-corrected chi connectivity index (χ2v) is 6.27. The minimum atomic E-state index is -0.438. The summed E-state index contributed by atoms with van der Waals surface area (Å²) in [7, 11) is 0. The Balaban J connectivity index is 0.000000190. The molecule has 1 amide bonds. The van der Waals surface area contributed by atoms with Gasteiger partial charge in [-0.3, -0.25) is 14.8 Å². The van der Waals surface area contributed by atoms with Crippen LogP contribution in [0.25, 0.3) is 0 Å². The van der Waals surface area contributed by atoms with Gasteiger partial charge in [0.05, 0.1) is 5.69 Å². The molecule has 0 atom stereocenters. The van der Waals surface area contributed by atoms with Crippen molar-refractivity contribution in [3.05, 3.63) is 137 Å². The molecule has 0 radical (unpaired) electrons. The summed E-state index contributed by atoms with van der Waals surface area (Å²) in [6.07, 6.45) is 0.833. The van der Waals surface area contributed by atoms with Gasteiger partial charge in [0.25, 0.3) is 5.91 Å². The summed E-state index contributed by atoms with van der Waals surface area (Å²) in [5.41, 5.74) is 2.12. The lowest BCUT2D eigenvalue weighted by Gasteiger charge is -2.14. The highest BCUT2D eigenvalue weighted by Crippen LogP contribution is 2.14. The van der Waals surface area contributed by atoms with Crippen LogP contribution >= 0.6 is 0 Å². The zero-order valence-electron chi connectivity index (χ0n) is 17.2. The fourth-order valence-electron chi connectivity index (χ4n) is 2.41. The first-order chi connectivity index (χ1) is 15.7. The Morgan fingerprint density at radius 1 is 0.688 bits per heavy atom. The van der Waals surface area contributed by atoms with Crippen LogP contribution in [-0.4, -0.2) is 17.4 Å². The van der Waals surface area contributed by atoms with E-state index in [-0.39, 0.29) is 0 Å². The molecule has 0 spiro atoms. The van der Waals surface area contributed by atoms with Gasteiger partial charge in [-0.15, -0.1) is 4.91 Å². The van der Waals surface area contributed by atoms with Crippen LogP contribution in [0.15, 0.2) is 127 Å². The molecule has 32 heavy (non-hydrogen) atoms. The van der Waals surface area contributed by atoms with Gasteiger partial charge in [-0.1, -0.05) is 84.9 Å². The minimum Gasteiger partial charge on any atom is -0.298 e. The van der Waals surface area contributed by atoms with E-state index in [4.69, 9.17) is 0 Å². The topological polar surface area (TPSA) is 87.0 Å². The van der Waals surface area contributed by atoms with E-state index in [2.05, 4.69) is 5.18 Å². The van der Waals surface area contributed by atoms with Crippen molar-refractivity contribution in [2.24, 2.45) is 5.18 Å². The molecule has 0 saturated carbocycles. The monoisotopic (exact) mass is 426 g/mol. The van der Waals surface area contributed by atoms with Gasteiger partial charge in [0.15, 0.2) is 0 Å². The molecule has 160 valence electrons.